The molecule has 0 saturated carbocycles. The van der Waals surface area contributed by atoms with Crippen molar-refractivity contribution in [2.24, 2.45) is 0 Å². The van der Waals surface area contributed by atoms with Gasteiger partial charge in [0.15, 0.2) is 0 Å². The van der Waals surface area contributed by atoms with Crippen LogP contribution in [0.5, 0.6) is 0 Å². The second-order valence-electron chi connectivity index (χ2n) is 5.23. The molecule has 0 spiro atoms. The molecule has 1 atom stereocenters. The summed E-state index contributed by atoms with van der Waals surface area (Å²) in [5.74, 6) is -3.07. The van der Waals surface area contributed by atoms with Gasteiger partial charge in [-0.25, -0.2) is 8.78 Å². The first-order valence-electron chi connectivity index (χ1n) is 7.42. The van der Waals surface area contributed by atoms with Gasteiger partial charge in [0.25, 0.3) is 5.91 Å². The number of benzene rings is 2. The number of hydrogen-bond acceptors (Lipinski definition) is 3. The number of nitrogens with one attached hydrogen (secondary N) is 1. The highest BCUT2D eigenvalue weighted by molar-refractivity contribution is 5.95. The summed E-state index contributed by atoms with van der Waals surface area (Å²) in [4.78, 5) is 12.3. The fourth-order valence-electron chi connectivity index (χ4n) is 2.39. The molecule has 1 unspecified atom stereocenters. The number of rotatable bonds is 6. The van der Waals surface area contributed by atoms with Gasteiger partial charge in [0.2, 0.25) is 0 Å². The molecule has 1 amide bonds. The predicted octanol–water partition coefficient (Wildman–Crippen LogP) is 3.08. The molecule has 2 aromatic rings. The van der Waals surface area contributed by atoms with Crippen molar-refractivity contribution in [3.8, 4) is 6.07 Å². The van der Waals surface area contributed by atoms with E-state index >= 15 is 0 Å². The molecule has 2 aromatic carbocycles. The molecule has 0 radical (unpaired) electrons. The van der Waals surface area contributed by atoms with E-state index in [2.05, 4.69) is 5.32 Å². The van der Waals surface area contributed by atoms with Crippen molar-refractivity contribution in [2.75, 3.05) is 6.61 Å². The zero-order valence-corrected chi connectivity index (χ0v) is 12.8. The highest BCUT2D eigenvalue weighted by Crippen LogP contribution is 2.21. The van der Waals surface area contributed by atoms with E-state index in [1.807, 2.05) is 6.07 Å². The van der Waals surface area contributed by atoms with E-state index in [-0.39, 0.29) is 12.2 Å². The van der Waals surface area contributed by atoms with Gasteiger partial charge < -0.3 is 10.4 Å². The standard InChI is InChI=1S/C18H16F2N2O2/c19-14-9-12(11-21)10-15(20)17(14)18(24)22-16(7-4-8-23)13-5-2-1-3-6-13/h1-3,5-6,9-10,16,23H,4,7-8H2,(H,22,24). The normalized spacial score (nSPS) is 11.6. The second-order valence-corrected chi connectivity index (χ2v) is 5.23. The molecule has 0 aliphatic carbocycles. The molecule has 0 aliphatic heterocycles. The predicted molar refractivity (Wildman–Crippen MR) is 84.0 cm³/mol. The van der Waals surface area contributed by atoms with E-state index in [1.54, 1.807) is 30.3 Å². The van der Waals surface area contributed by atoms with Crippen molar-refractivity contribution in [1.29, 1.82) is 5.26 Å². The third kappa shape index (κ3) is 4.15. The molecular formula is C18H16F2N2O2. The molecule has 0 aromatic heterocycles. The van der Waals surface area contributed by atoms with E-state index in [9.17, 15) is 13.6 Å². The van der Waals surface area contributed by atoms with Crippen LogP contribution in [0.25, 0.3) is 0 Å². The van der Waals surface area contributed by atoms with Crippen LogP contribution in [0.4, 0.5) is 8.78 Å². The minimum absolute atomic E-state index is 0.0568. The number of carbonyl (C=O) groups excluding carboxylic acids is 1. The lowest BCUT2D eigenvalue weighted by Crippen LogP contribution is -2.30. The number of hydrogen-bond donors (Lipinski definition) is 2. The Morgan fingerprint density at radius 2 is 1.83 bits per heavy atom. The number of aliphatic hydroxyl groups is 1. The summed E-state index contributed by atoms with van der Waals surface area (Å²) in [6, 6.07) is 11.8. The van der Waals surface area contributed by atoms with Crippen molar-refractivity contribution in [2.45, 2.75) is 18.9 Å². The van der Waals surface area contributed by atoms with Gasteiger partial charge in [-0.05, 0) is 30.5 Å². The van der Waals surface area contributed by atoms with E-state index in [0.717, 1.165) is 17.7 Å². The molecule has 0 fully saturated rings. The maximum Gasteiger partial charge on any atom is 0.257 e. The number of halogens is 2. The third-order valence-electron chi connectivity index (χ3n) is 3.56. The summed E-state index contributed by atoms with van der Waals surface area (Å²) >= 11 is 0. The Labute approximate surface area is 138 Å². The molecule has 124 valence electrons. The van der Waals surface area contributed by atoms with Crippen LogP contribution in [0.15, 0.2) is 42.5 Å². The number of aliphatic hydroxyl groups excluding tert-OH is 1. The minimum atomic E-state index is -1.09. The summed E-state index contributed by atoms with van der Waals surface area (Å²) < 4.78 is 27.9. The fourth-order valence-corrected chi connectivity index (χ4v) is 2.39. The van der Waals surface area contributed by atoms with Crippen molar-refractivity contribution >= 4 is 5.91 Å². The van der Waals surface area contributed by atoms with Crippen molar-refractivity contribution < 1.29 is 18.7 Å². The summed E-state index contributed by atoms with van der Waals surface area (Å²) in [6.07, 6.45) is 0.851. The molecule has 6 heteroatoms. The van der Waals surface area contributed by atoms with Crippen molar-refractivity contribution in [3.05, 3.63) is 70.8 Å². The van der Waals surface area contributed by atoms with E-state index in [0.29, 0.717) is 12.8 Å². The van der Waals surface area contributed by atoms with Gasteiger partial charge in [0.05, 0.1) is 17.7 Å². The van der Waals surface area contributed by atoms with Gasteiger partial charge in [-0.1, -0.05) is 30.3 Å². The van der Waals surface area contributed by atoms with Crippen molar-refractivity contribution in [3.63, 3.8) is 0 Å². The van der Waals surface area contributed by atoms with Gasteiger partial charge in [-0.15, -0.1) is 0 Å². The van der Waals surface area contributed by atoms with Crippen LogP contribution >= 0.6 is 0 Å². The van der Waals surface area contributed by atoms with Crippen LogP contribution in [0.1, 0.15) is 40.4 Å². The lowest BCUT2D eigenvalue weighted by molar-refractivity contribution is 0.0923. The van der Waals surface area contributed by atoms with Crippen LogP contribution in [-0.4, -0.2) is 17.6 Å². The zero-order valence-electron chi connectivity index (χ0n) is 12.8. The molecular weight excluding hydrogens is 314 g/mol. The molecule has 4 nitrogen and oxygen atoms in total. The van der Waals surface area contributed by atoms with Gasteiger partial charge in [-0.2, -0.15) is 5.26 Å². The van der Waals surface area contributed by atoms with E-state index in [4.69, 9.17) is 10.4 Å². The molecule has 24 heavy (non-hydrogen) atoms. The fraction of sp³-hybridized carbons (Fsp3) is 0.222. The van der Waals surface area contributed by atoms with Gasteiger partial charge in [0, 0.05) is 6.61 Å². The average molecular weight is 330 g/mol. The second kappa shape index (κ2) is 8.18. The van der Waals surface area contributed by atoms with Crippen LogP contribution in [-0.2, 0) is 0 Å². The zero-order chi connectivity index (χ0) is 17.5. The molecule has 2 rings (SSSR count). The Morgan fingerprint density at radius 1 is 1.21 bits per heavy atom. The van der Waals surface area contributed by atoms with Gasteiger partial charge >= 0.3 is 0 Å². The van der Waals surface area contributed by atoms with Gasteiger partial charge in [0.1, 0.15) is 17.2 Å². The quantitative estimate of drug-likeness (QED) is 0.855. The maximum atomic E-state index is 14.0. The lowest BCUT2D eigenvalue weighted by Gasteiger charge is -2.19. The topological polar surface area (TPSA) is 73.1 Å². The van der Waals surface area contributed by atoms with Crippen molar-refractivity contribution in [1.82, 2.24) is 5.32 Å². The number of nitrogens with zero attached hydrogens (tertiary/aromatic N) is 1. The Hall–Kier alpha value is -2.78. The summed E-state index contributed by atoms with van der Waals surface area (Å²) in [5, 5.41) is 20.3. The minimum Gasteiger partial charge on any atom is -0.396 e. The Bertz CT molecular complexity index is 734. The van der Waals surface area contributed by atoms with Gasteiger partial charge in [-0.3, -0.25) is 4.79 Å². The Kier molecular flexibility index (Phi) is 5.99. The number of amides is 1. The molecule has 0 bridgehead atoms. The van der Waals surface area contributed by atoms with Crippen LogP contribution in [0.3, 0.4) is 0 Å². The Balaban J connectivity index is 2.27. The molecule has 0 saturated heterocycles. The highest BCUT2D eigenvalue weighted by Gasteiger charge is 2.22. The number of nitriles is 1. The molecule has 2 N–H and O–H groups in total. The van der Waals surface area contributed by atoms with E-state index < -0.39 is 29.1 Å². The monoisotopic (exact) mass is 330 g/mol. The SMILES string of the molecule is N#Cc1cc(F)c(C(=O)NC(CCCO)c2ccccc2)c(F)c1. The first-order valence-corrected chi connectivity index (χ1v) is 7.42. The highest BCUT2D eigenvalue weighted by atomic mass is 19.1. The largest absolute Gasteiger partial charge is 0.396 e. The van der Waals surface area contributed by atoms with Crippen LogP contribution in [0, 0.1) is 23.0 Å². The first kappa shape index (κ1) is 17.6. The lowest BCUT2D eigenvalue weighted by atomic mass is 10.0. The summed E-state index contributed by atoms with van der Waals surface area (Å²) in [6.45, 7) is -0.0568. The van der Waals surface area contributed by atoms with Crippen LogP contribution < -0.4 is 5.32 Å². The maximum absolute atomic E-state index is 14.0. The summed E-state index contributed by atoms with van der Waals surface area (Å²) in [5.41, 5.74) is -0.144. The molecule has 0 aliphatic rings. The van der Waals surface area contributed by atoms with Crippen LogP contribution in [0.2, 0.25) is 0 Å². The molecule has 0 heterocycles. The average Bonchev–Trinajstić information content (AvgIpc) is 2.58. The third-order valence-corrected chi connectivity index (χ3v) is 3.56. The number of carbonyl (C=O) groups is 1. The first-order chi connectivity index (χ1) is 11.6. The summed E-state index contributed by atoms with van der Waals surface area (Å²) in [7, 11) is 0. The Morgan fingerprint density at radius 3 is 2.38 bits per heavy atom. The van der Waals surface area contributed by atoms with E-state index in [1.165, 1.54) is 0 Å². The smallest absolute Gasteiger partial charge is 0.257 e.